The van der Waals surface area contributed by atoms with Gasteiger partial charge in [-0.3, -0.25) is 4.72 Å². The van der Waals surface area contributed by atoms with Gasteiger partial charge in [0.15, 0.2) is 0 Å². The molecule has 7 heteroatoms. The molecular formula is C14H17N3O2S2. The first-order chi connectivity index (χ1) is 10.0. The number of hydrogen-bond donors (Lipinski definition) is 1. The number of sulfonamides is 1. The summed E-state index contributed by atoms with van der Waals surface area (Å²) in [6, 6.07) is 7.05. The van der Waals surface area contributed by atoms with Crippen molar-refractivity contribution >= 4 is 32.9 Å². The Kier molecular flexibility index (Phi) is 3.86. The second-order valence-corrected chi connectivity index (χ2v) is 8.27. The van der Waals surface area contributed by atoms with Crippen molar-refractivity contribution in [1.29, 1.82) is 0 Å². The number of nitrogens with one attached hydrogen (secondary N) is 1. The van der Waals surface area contributed by atoms with Gasteiger partial charge in [-0.2, -0.15) is 0 Å². The zero-order chi connectivity index (χ0) is 14.9. The zero-order valence-corrected chi connectivity index (χ0v) is 13.4. The van der Waals surface area contributed by atoms with Crippen LogP contribution < -0.4 is 9.62 Å². The fraction of sp³-hybridized carbons (Fsp3) is 0.357. The number of pyridine rings is 1. The number of aromatic nitrogens is 1. The molecule has 112 valence electrons. The van der Waals surface area contributed by atoms with Crippen LogP contribution in [0.1, 0.15) is 17.7 Å². The highest BCUT2D eigenvalue weighted by atomic mass is 32.2. The highest BCUT2D eigenvalue weighted by molar-refractivity contribution is 7.94. The van der Waals surface area contributed by atoms with E-state index >= 15 is 0 Å². The van der Waals surface area contributed by atoms with Crippen molar-refractivity contribution in [2.75, 3.05) is 22.7 Å². The maximum absolute atomic E-state index is 12.2. The van der Waals surface area contributed by atoms with E-state index in [2.05, 4.69) is 14.6 Å². The third-order valence-electron chi connectivity index (χ3n) is 3.41. The fourth-order valence-corrected chi connectivity index (χ4v) is 4.67. The molecule has 3 heterocycles. The van der Waals surface area contributed by atoms with Crippen LogP contribution in [0.3, 0.4) is 0 Å². The van der Waals surface area contributed by atoms with E-state index in [9.17, 15) is 8.42 Å². The van der Waals surface area contributed by atoms with Crippen molar-refractivity contribution in [3.63, 3.8) is 0 Å². The largest absolute Gasteiger partial charge is 0.357 e. The number of anilines is 2. The van der Waals surface area contributed by atoms with Crippen LogP contribution in [0.5, 0.6) is 0 Å². The van der Waals surface area contributed by atoms with Crippen molar-refractivity contribution < 1.29 is 8.42 Å². The second-order valence-electron chi connectivity index (χ2n) is 5.07. The first-order valence-electron chi connectivity index (χ1n) is 6.85. The summed E-state index contributed by atoms with van der Waals surface area (Å²) in [6.45, 7) is 3.93. The molecule has 1 saturated heterocycles. The fourth-order valence-electron chi connectivity index (χ4n) is 2.34. The molecule has 1 aliphatic rings. The van der Waals surface area contributed by atoms with Gasteiger partial charge in [0.25, 0.3) is 10.0 Å². The van der Waals surface area contributed by atoms with Crippen LogP contribution >= 0.6 is 11.3 Å². The van der Waals surface area contributed by atoms with E-state index < -0.39 is 10.0 Å². The number of aryl methyl sites for hydroxylation is 1. The summed E-state index contributed by atoms with van der Waals surface area (Å²) in [6.07, 6.45) is 3.95. The summed E-state index contributed by atoms with van der Waals surface area (Å²) >= 11 is 1.26. The van der Waals surface area contributed by atoms with Gasteiger partial charge in [0.1, 0.15) is 10.0 Å². The molecule has 3 rings (SSSR count). The van der Waals surface area contributed by atoms with Crippen LogP contribution in [-0.2, 0) is 10.0 Å². The summed E-state index contributed by atoms with van der Waals surface area (Å²) in [5, 5.41) is 0. The molecule has 0 aromatic carbocycles. The quantitative estimate of drug-likeness (QED) is 0.940. The van der Waals surface area contributed by atoms with Crippen molar-refractivity contribution in [3.8, 4) is 0 Å². The Balaban J connectivity index is 1.75. The van der Waals surface area contributed by atoms with Gasteiger partial charge in [0, 0.05) is 18.0 Å². The number of rotatable bonds is 4. The summed E-state index contributed by atoms with van der Waals surface area (Å²) < 4.78 is 27.3. The van der Waals surface area contributed by atoms with Crippen molar-refractivity contribution in [3.05, 3.63) is 35.3 Å². The minimum Gasteiger partial charge on any atom is -0.357 e. The molecular weight excluding hydrogens is 306 g/mol. The van der Waals surface area contributed by atoms with Gasteiger partial charge in [0.05, 0.1) is 11.9 Å². The normalized spacial score (nSPS) is 15.4. The van der Waals surface area contributed by atoms with E-state index in [1.54, 1.807) is 24.4 Å². The highest BCUT2D eigenvalue weighted by Gasteiger charge is 2.17. The molecule has 0 spiro atoms. The standard InChI is InChI=1S/C14H17N3O2S2/c1-11-4-7-14(20-11)21(18,19)16-12-5-6-13(15-10-12)17-8-2-3-9-17/h4-7,10,16H,2-3,8-9H2,1H3. The molecule has 2 aromatic rings. The van der Waals surface area contributed by atoms with Gasteiger partial charge >= 0.3 is 0 Å². The SMILES string of the molecule is Cc1ccc(S(=O)(=O)Nc2ccc(N3CCCC3)nc2)s1. The van der Waals surface area contributed by atoms with Crippen LogP contribution in [0.4, 0.5) is 11.5 Å². The third kappa shape index (κ3) is 3.19. The molecule has 0 atom stereocenters. The first kappa shape index (κ1) is 14.3. The number of thiophene rings is 1. The minimum absolute atomic E-state index is 0.323. The highest BCUT2D eigenvalue weighted by Crippen LogP contribution is 2.24. The molecule has 0 amide bonds. The van der Waals surface area contributed by atoms with E-state index in [0.717, 1.165) is 23.8 Å². The Hall–Kier alpha value is -1.60. The predicted molar refractivity (Wildman–Crippen MR) is 85.5 cm³/mol. The maximum Gasteiger partial charge on any atom is 0.271 e. The Morgan fingerprint density at radius 1 is 1.19 bits per heavy atom. The Morgan fingerprint density at radius 2 is 1.95 bits per heavy atom. The molecule has 0 radical (unpaired) electrons. The predicted octanol–water partition coefficient (Wildman–Crippen LogP) is 2.85. The first-order valence-corrected chi connectivity index (χ1v) is 9.15. The number of nitrogens with zero attached hydrogens (tertiary/aromatic N) is 2. The zero-order valence-electron chi connectivity index (χ0n) is 11.7. The lowest BCUT2D eigenvalue weighted by Crippen LogP contribution is -2.19. The molecule has 2 aromatic heterocycles. The molecule has 0 aliphatic carbocycles. The monoisotopic (exact) mass is 323 g/mol. The smallest absolute Gasteiger partial charge is 0.271 e. The molecule has 5 nitrogen and oxygen atoms in total. The Bertz CT molecular complexity index is 717. The maximum atomic E-state index is 12.2. The minimum atomic E-state index is -3.51. The lowest BCUT2D eigenvalue weighted by molar-refractivity contribution is 0.603. The van der Waals surface area contributed by atoms with E-state index in [0.29, 0.717) is 9.90 Å². The van der Waals surface area contributed by atoms with E-state index in [1.807, 2.05) is 13.0 Å². The van der Waals surface area contributed by atoms with E-state index in [4.69, 9.17) is 0 Å². The van der Waals surface area contributed by atoms with Crippen LogP contribution in [0.15, 0.2) is 34.7 Å². The molecule has 0 unspecified atom stereocenters. The Labute approximate surface area is 128 Å². The number of hydrogen-bond acceptors (Lipinski definition) is 5. The van der Waals surface area contributed by atoms with E-state index in [-0.39, 0.29) is 0 Å². The van der Waals surface area contributed by atoms with Crippen molar-refractivity contribution in [1.82, 2.24) is 4.98 Å². The Morgan fingerprint density at radius 3 is 2.52 bits per heavy atom. The van der Waals surface area contributed by atoms with Crippen LogP contribution in [0, 0.1) is 6.92 Å². The van der Waals surface area contributed by atoms with Gasteiger partial charge < -0.3 is 4.90 Å². The summed E-state index contributed by atoms with van der Waals surface area (Å²) in [4.78, 5) is 7.53. The molecule has 21 heavy (non-hydrogen) atoms. The van der Waals surface area contributed by atoms with Gasteiger partial charge in [-0.25, -0.2) is 13.4 Å². The molecule has 0 saturated carbocycles. The molecule has 1 fully saturated rings. The van der Waals surface area contributed by atoms with Crippen molar-refractivity contribution in [2.24, 2.45) is 0 Å². The topological polar surface area (TPSA) is 62.3 Å². The van der Waals surface area contributed by atoms with Crippen LogP contribution in [-0.4, -0.2) is 26.5 Å². The van der Waals surface area contributed by atoms with Gasteiger partial charge in [-0.15, -0.1) is 11.3 Å². The second kappa shape index (κ2) is 5.65. The molecule has 1 aliphatic heterocycles. The lowest BCUT2D eigenvalue weighted by atomic mass is 10.4. The summed E-state index contributed by atoms with van der Waals surface area (Å²) in [5.41, 5.74) is 0.490. The van der Waals surface area contributed by atoms with Crippen LogP contribution in [0.2, 0.25) is 0 Å². The summed E-state index contributed by atoms with van der Waals surface area (Å²) in [5.74, 6) is 0.905. The summed E-state index contributed by atoms with van der Waals surface area (Å²) in [7, 11) is -3.51. The van der Waals surface area contributed by atoms with Crippen LogP contribution in [0.25, 0.3) is 0 Å². The van der Waals surface area contributed by atoms with Crippen molar-refractivity contribution in [2.45, 2.75) is 24.0 Å². The lowest BCUT2D eigenvalue weighted by Gasteiger charge is -2.16. The molecule has 0 bridgehead atoms. The van der Waals surface area contributed by atoms with Gasteiger partial charge in [-0.1, -0.05) is 0 Å². The average Bonchev–Trinajstić information content (AvgIpc) is 3.10. The van der Waals surface area contributed by atoms with Gasteiger partial charge in [-0.05, 0) is 44.0 Å². The third-order valence-corrected chi connectivity index (χ3v) is 6.28. The van der Waals surface area contributed by atoms with Gasteiger partial charge in [0.2, 0.25) is 0 Å². The average molecular weight is 323 g/mol. The van der Waals surface area contributed by atoms with E-state index in [1.165, 1.54) is 24.2 Å². The molecule has 1 N–H and O–H groups in total.